The number of aliphatic hydroxyl groups is 1. The molecule has 1 aromatic rings. The van der Waals surface area contributed by atoms with Gasteiger partial charge in [-0.05, 0) is 46.6 Å². The largest absolute Gasteiger partial charge is 0.498 e. The van der Waals surface area contributed by atoms with E-state index in [-0.39, 0.29) is 17.8 Å². The van der Waals surface area contributed by atoms with Gasteiger partial charge in [-0.15, -0.1) is 0 Å². The van der Waals surface area contributed by atoms with Gasteiger partial charge in [-0.3, -0.25) is 0 Å². The molecular weight excluding hydrogens is 319 g/mol. The molecule has 2 N–H and O–H groups in total. The summed E-state index contributed by atoms with van der Waals surface area (Å²) in [6, 6.07) is 0. The molecule has 7 nitrogen and oxygen atoms in total. The van der Waals surface area contributed by atoms with Crippen LogP contribution >= 0.6 is 0 Å². The number of likely N-dealkylation sites (tertiary alicyclic amines) is 1. The van der Waals surface area contributed by atoms with Crippen LogP contribution in [0.2, 0.25) is 0 Å². The van der Waals surface area contributed by atoms with E-state index in [2.05, 4.69) is 20.2 Å². The van der Waals surface area contributed by atoms with Crippen molar-refractivity contribution in [2.24, 2.45) is 5.92 Å². The zero-order chi connectivity index (χ0) is 18.1. The molecule has 25 heavy (non-hydrogen) atoms. The normalized spacial score (nSPS) is 25.5. The van der Waals surface area contributed by atoms with Crippen LogP contribution in [0.1, 0.15) is 34.1 Å². The third-order valence-electron chi connectivity index (χ3n) is 5.53. The van der Waals surface area contributed by atoms with E-state index in [0.717, 1.165) is 38.1 Å². The van der Waals surface area contributed by atoms with Gasteiger partial charge in [0.15, 0.2) is 0 Å². The Bertz CT molecular complexity index is 566. The van der Waals surface area contributed by atoms with Gasteiger partial charge in [0, 0.05) is 37.5 Å². The Morgan fingerprint density at radius 3 is 2.48 bits per heavy atom. The molecule has 0 aliphatic carbocycles. The third kappa shape index (κ3) is 4.14. The van der Waals surface area contributed by atoms with Gasteiger partial charge < -0.3 is 24.6 Å². The number of hydrogen-bond donors (Lipinski definition) is 2. The molecule has 0 radical (unpaired) electrons. The van der Waals surface area contributed by atoms with E-state index in [1.165, 1.54) is 0 Å². The predicted octanol–water partition coefficient (Wildman–Crippen LogP) is 0.502. The maximum absolute atomic E-state index is 9.00. The van der Waals surface area contributed by atoms with E-state index >= 15 is 0 Å². The van der Waals surface area contributed by atoms with Gasteiger partial charge >= 0.3 is 7.12 Å². The summed E-state index contributed by atoms with van der Waals surface area (Å²) in [4.78, 5) is 11.1. The Balaban J connectivity index is 1.52. The molecule has 138 valence electrons. The topological polar surface area (TPSA) is 79.7 Å². The molecule has 2 aliphatic heterocycles. The number of nitrogens with one attached hydrogen (secondary N) is 1. The van der Waals surface area contributed by atoms with Gasteiger partial charge in [-0.1, -0.05) is 0 Å². The molecular formula is C17H29BN4O3. The Kier molecular flexibility index (Phi) is 5.34. The lowest BCUT2D eigenvalue weighted by atomic mass is 9.81. The van der Waals surface area contributed by atoms with E-state index in [1.807, 2.05) is 27.7 Å². The molecule has 0 spiro atoms. The van der Waals surface area contributed by atoms with Crippen molar-refractivity contribution in [3.63, 3.8) is 0 Å². The number of nitrogens with zero attached hydrogens (tertiary/aromatic N) is 3. The Labute approximate surface area is 150 Å². The molecule has 0 amide bonds. The quantitative estimate of drug-likeness (QED) is 0.725. The van der Waals surface area contributed by atoms with Crippen LogP contribution in [0.25, 0.3) is 0 Å². The van der Waals surface area contributed by atoms with Crippen molar-refractivity contribution < 1.29 is 14.4 Å². The summed E-state index contributed by atoms with van der Waals surface area (Å²) in [5, 5.41) is 12.3. The van der Waals surface area contributed by atoms with Crippen molar-refractivity contribution >= 4 is 18.5 Å². The second-order valence-corrected chi connectivity index (χ2v) is 7.99. The molecule has 2 saturated heterocycles. The van der Waals surface area contributed by atoms with E-state index in [4.69, 9.17) is 14.4 Å². The molecule has 2 aliphatic rings. The van der Waals surface area contributed by atoms with Crippen LogP contribution < -0.4 is 10.8 Å². The van der Waals surface area contributed by atoms with Gasteiger partial charge in [-0.25, -0.2) is 9.97 Å². The first-order valence-electron chi connectivity index (χ1n) is 9.05. The van der Waals surface area contributed by atoms with Crippen LogP contribution in [-0.4, -0.2) is 71.1 Å². The summed E-state index contributed by atoms with van der Waals surface area (Å²) in [6.07, 6.45) is 4.67. The predicted molar refractivity (Wildman–Crippen MR) is 97.9 cm³/mol. The highest BCUT2D eigenvalue weighted by atomic mass is 16.7. The molecule has 8 heteroatoms. The lowest BCUT2D eigenvalue weighted by molar-refractivity contribution is 0.00578. The summed E-state index contributed by atoms with van der Waals surface area (Å²) in [5.41, 5.74) is 0.105. The van der Waals surface area contributed by atoms with Gasteiger partial charge in [0.2, 0.25) is 5.95 Å². The highest BCUT2D eigenvalue weighted by Crippen LogP contribution is 2.36. The second kappa shape index (κ2) is 7.19. The van der Waals surface area contributed by atoms with Crippen LogP contribution in [0.4, 0.5) is 5.95 Å². The highest BCUT2D eigenvalue weighted by Gasteiger charge is 2.51. The minimum atomic E-state index is -0.430. The minimum Gasteiger partial charge on any atom is -0.399 e. The van der Waals surface area contributed by atoms with Gasteiger partial charge in [0.25, 0.3) is 0 Å². The maximum Gasteiger partial charge on any atom is 0.498 e. The summed E-state index contributed by atoms with van der Waals surface area (Å²) in [6.45, 7) is 12.0. The fourth-order valence-corrected chi connectivity index (χ4v) is 3.19. The molecule has 1 aromatic heterocycles. The molecule has 3 heterocycles. The monoisotopic (exact) mass is 348 g/mol. The Hall–Kier alpha value is -1.22. The molecule has 0 aromatic carbocycles. The lowest BCUT2D eigenvalue weighted by Gasteiger charge is -2.32. The number of rotatable bonds is 6. The fraction of sp³-hybridized carbons (Fsp3) is 0.765. The van der Waals surface area contributed by atoms with Crippen LogP contribution in [0, 0.1) is 5.92 Å². The van der Waals surface area contributed by atoms with Crippen molar-refractivity contribution in [1.29, 1.82) is 0 Å². The third-order valence-corrected chi connectivity index (χ3v) is 5.53. The first-order valence-corrected chi connectivity index (χ1v) is 9.05. The first-order chi connectivity index (χ1) is 11.8. The number of hydrogen-bond acceptors (Lipinski definition) is 7. The lowest BCUT2D eigenvalue weighted by Crippen LogP contribution is -2.41. The number of aromatic nitrogens is 2. The van der Waals surface area contributed by atoms with E-state index in [0.29, 0.717) is 11.9 Å². The maximum atomic E-state index is 9.00. The second-order valence-electron chi connectivity index (χ2n) is 7.99. The average molecular weight is 348 g/mol. The molecule has 2 fully saturated rings. The van der Waals surface area contributed by atoms with E-state index < -0.39 is 7.12 Å². The smallest absolute Gasteiger partial charge is 0.399 e. The van der Waals surface area contributed by atoms with Crippen LogP contribution in [0.3, 0.4) is 0 Å². The summed E-state index contributed by atoms with van der Waals surface area (Å²) in [7, 11) is -0.430. The SMILES string of the molecule is CC1(C)OB(c2cnc(NC[C@H]3CCN(CCO)C3)nc2)OC1(C)C. The van der Waals surface area contributed by atoms with Crippen molar-refractivity contribution in [1.82, 2.24) is 14.9 Å². The van der Waals surface area contributed by atoms with Crippen LogP contribution in [-0.2, 0) is 9.31 Å². The molecule has 0 bridgehead atoms. The number of aliphatic hydroxyl groups excluding tert-OH is 1. The van der Waals surface area contributed by atoms with Crippen molar-refractivity contribution in [2.45, 2.75) is 45.3 Å². The van der Waals surface area contributed by atoms with Gasteiger partial charge in [0.05, 0.1) is 17.8 Å². The van der Waals surface area contributed by atoms with Crippen LogP contribution in [0.15, 0.2) is 12.4 Å². The molecule has 1 atom stereocenters. The van der Waals surface area contributed by atoms with Crippen LogP contribution in [0.5, 0.6) is 0 Å². The molecule has 3 rings (SSSR count). The average Bonchev–Trinajstić information content (AvgIpc) is 3.08. The Morgan fingerprint density at radius 1 is 1.24 bits per heavy atom. The highest BCUT2D eigenvalue weighted by molar-refractivity contribution is 6.61. The summed E-state index contributed by atoms with van der Waals surface area (Å²) >= 11 is 0. The first kappa shape index (κ1) is 18.6. The fourth-order valence-electron chi connectivity index (χ4n) is 3.19. The number of β-amino-alcohol motifs (C(OH)–C–C–N with tert-alkyl or cyclic N) is 1. The molecule has 0 unspecified atom stereocenters. The van der Waals surface area contributed by atoms with Gasteiger partial charge in [-0.2, -0.15) is 0 Å². The van der Waals surface area contributed by atoms with Crippen molar-refractivity contribution in [3.05, 3.63) is 12.4 Å². The van der Waals surface area contributed by atoms with E-state index in [1.54, 1.807) is 12.4 Å². The Morgan fingerprint density at radius 2 is 1.88 bits per heavy atom. The zero-order valence-corrected chi connectivity index (χ0v) is 15.7. The van der Waals surface area contributed by atoms with Gasteiger partial charge in [0.1, 0.15) is 0 Å². The van der Waals surface area contributed by atoms with Crippen molar-refractivity contribution in [3.8, 4) is 0 Å². The summed E-state index contributed by atoms with van der Waals surface area (Å²) in [5.74, 6) is 1.19. The number of anilines is 1. The minimum absolute atomic E-state index is 0.226. The molecule has 0 saturated carbocycles. The zero-order valence-electron chi connectivity index (χ0n) is 15.7. The summed E-state index contributed by atoms with van der Waals surface area (Å²) < 4.78 is 12.0. The standard InChI is InChI=1S/C17H29BN4O3/c1-16(2)17(3,4)25-18(24-16)14-10-20-15(21-11-14)19-9-13-5-6-22(12-13)7-8-23/h10-11,13,23H,5-9,12H2,1-4H3,(H,19,20,21)/t13-/m1/s1. The van der Waals surface area contributed by atoms with E-state index in [9.17, 15) is 0 Å². The van der Waals surface area contributed by atoms with Crippen molar-refractivity contribution in [2.75, 3.05) is 38.1 Å².